The van der Waals surface area contributed by atoms with Gasteiger partial charge in [0.25, 0.3) is 11.8 Å². The molecule has 0 fully saturated rings. The summed E-state index contributed by atoms with van der Waals surface area (Å²) in [6.45, 7) is 6.23. The third kappa shape index (κ3) is 12.0. The number of rotatable bonds is 4. The van der Waals surface area contributed by atoms with Crippen molar-refractivity contribution >= 4 is 143 Å². The Morgan fingerprint density at radius 1 is 0.526 bits per heavy atom. The van der Waals surface area contributed by atoms with Gasteiger partial charge in [-0.2, -0.15) is 25.3 Å². The Hall–Kier alpha value is -9.31. The number of aromatic nitrogens is 3. The van der Waals surface area contributed by atoms with Crippen LogP contribution >= 0.6 is 0 Å². The van der Waals surface area contributed by atoms with Gasteiger partial charge in [0.15, 0.2) is 0 Å². The molecule has 0 spiro atoms. The molecule has 3 aliphatic rings. The van der Waals surface area contributed by atoms with Gasteiger partial charge in [-0.1, -0.05) is 41.5 Å². The van der Waals surface area contributed by atoms with Gasteiger partial charge in [0.1, 0.15) is 0 Å². The van der Waals surface area contributed by atoms with Crippen LogP contribution in [0.25, 0.3) is 56.0 Å². The first-order valence-corrected chi connectivity index (χ1v) is 25.8. The summed E-state index contributed by atoms with van der Waals surface area (Å²) >= 11 is -2.25. The summed E-state index contributed by atoms with van der Waals surface area (Å²) in [5.41, 5.74) is 36.6. The predicted molar refractivity (Wildman–Crippen MR) is 310 cm³/mol. The van der Waals surface area contributed by atoms with E-state index in [9.17, 15) is 14.4 Å². The molecule has 3 aliphatic heterocycles. The highest BCUT2D eigenvalue weighted by Gasteiger charge is 2.32. The van der Waals surface area contributed by atoms with Gasteiger partial charge in [-0.3, -0.25) is 14.4 Å². The molecule has 18 nitrogen and oxygen atoms in total. The average Bonchev–Trinajstić information content (AvgIpc) is 4.24. The molecule has 0 aliphatic carbocycles. The highest BCUT2D eigenvalue weighted by atomic mass is 32.1. The third-order valence-corrected chi connectivity index (χ3v) is 13.5. The molecule has 6 aromatic carbocycles. The first-order valence-electron chi connectivity index (χ1n) is 23.8. The minimum absolute atomic E-state index is 0.0512. The number of amides is 3. The lowest BCUT2D eigenvalue weighted by Crippen LogP contribution is -2.14. The van der Waals surface area contributed by atoms with Crippen molar-refractivity contribution in [1.29, 1.82) is 0 Å². The Labute approximate surface area is 458 Å². The van der Waals surface area contributed by atoms with Crippen LogP contribution in [0.15, 0.2) is 128 Å². The second-order valence-electron chi connectivity index (χ2n) is 18.5. The summed E-state index contributed by atoms with van der Waals surface area (Å²) in [5, 5.41) is 12.3. The maximum absolute atomic E-state index is 12.4. The number of benzene rings is 6. The molecule has 0 saturated heterocycles. The van der Waals surface area contributed by atoms with Crippen LogP contribution in [0, 0.1) is 20.8 Å². The van der Waals surface area contributed by atoms with Crippen molar-refractivity contribution in [3.63, 3.8) is 0 Å². The fraction of sp³-hybridized carbons (Fsp3) is 0.140. The van der Waals surface area contributed by atoms with Crippen molar-refractivity contribution in [3.05, 3.63) is 178 Å². The van der Waals surface area contributed by atoms with Gasteiger partial charge in [-0.05, 0) is 135 Å². The van der Waals surface area contributed by atoms with E-state index in [4.69, 9.17) is 42.5 Å². The second kappa shape index (κ2) is 24.6. The number of nitrogens with one attached hydrogen (secondary N) is 3. The lowest BCUT2D eigenvalue weighted by atomic mass is 9.92. The Balaban J connectivity index is 0.000000157. The first kappa shape index (κ1) is 56.4. The van der Waals surface area contributed by atoms with E-state index < -0.39 is 34.7 Å². The van der Waals surface area contributed by atoms with E-state index in [1.165, 1.54) is 27.6 Å². The van der Waals surface area contributed by atoms with E-state index in [1.54, 1.807) is 12.1 Å². The highest BCUT2D eigenvalue weighted by molar-refractivity contribution is 7.52. The van der Waals surface area contributed by atoms with Crippen molar-refractivity contribution in [1.82, 2.24) is 13.7 Å². The van der Waals surface area contributed by atoms with Gasteiger partial charge in [0.2, 0.25) is 5.91 Å². The van der Waals surface area contributed by atoms with Gasteiger partial charge < -0.3 is 46.9 Å². The minimum atomic E-state index is -0.750. The fourth-order valence-corrected chi connectivity index (χ4v) is 9.90. The number of hydrogen-bond donors (Lipinski definition) is 6. The van der Waals surface area contributed by atoms with Crippen LogP contribution in [0.2, 0.25) is 0 Å². The smallest absolute Gasteiger partial charge is 0.335 e. The third-order valence-electron chi connectivity index (χ3n) is 13.5. The molecule has 1 atom stereocenters. The molecule has 1 unspecified atom stereocenters. The van der Waals surface area contributed by atoms with Gasteiger partial charge in [-0.15, -0.1) is 0 Å². The summed E-state index contributed by atoms with van der Waals surface area (Å²) in [7, 11) is 6.10. The molecule has 398 valence electrons. The van der Waals surface area contributed by atoms with Crippen LogP contribution in [-0.2, 0) is 76.7 Å². The molecule has 21 heteroatoms. The van der Waals surface area contributed by atoms with Gasteiger partial charge >= 0.3 is 34.7 Å². The van der Waals surface area contributed by atoms with Crippen LogP contribution in [-0.4, -0.2) is 56.7 Å². The number of nitrogens with zero attached hydrogens (tertiary/aromatic N) is 3. The largest absolute Gasteiger partial charge is 0.399 e. The summed E-state index contributed by atoms with van der Waals surface area (Å²) < 4.78 is 56.1. The summed E-state index contributed by atoms with van der Waals surface area (Å²) in [4.78, 5) is 37.1. The Morgan fingerprint density at radius 3 is 1.59 bits per heavy atom. The maximum Gasteiger partial charge on any atom is 0.335 e. The minimum Gasteiger partial charge on any atom is -0.399 e. The summed E-state index contributed by atoms with van der Waals surface area (Å²) in [6, 6.07) is 37.6. The van der Waals surface area contributed by atoms with Crippen LogP contribution in [0.5, 0.6) is 0 Å². The molecular weight excluding hydrogens is 1050 g/mol. The van der Waals surface area contributed by atoms with Crippen molar-refractivity contribution < 1.29 is 39.6 Å². The zero-order chi connectivity index (χ0) is 56.5. The summed E-state index contributed by atoms with van der Waals surface area (Å²) in [6.07, 6.45) is 8.78. The van der Waals surface area contributed by atoms with E-state index >= 15 is 0 Å². The number of para-hydroxylation sites is 1. The van der Waals surface area contributed by atoms with E-state index in [-0.39, 0.29) is 23.6 Å². The Morgan fingerprint density at radius 2 is 1.01 bits per heavy atom. The topological polar surface area (TPSA) is 283 Å². The molecule has 3 aromatic heterocycles. The molecular formula is C57H53N9O9S3. The molecule has 0 bridgehead atoms. The van der Waals surface area contributed by atoms with E-state index in [2.05, 4.69) is 111 Å². The molecule has 9 aromatic rings. The number of aryl methyl sites for hydroxylation is 5. The molecule has 78 heavy (non-hydrogen) atoms. The summed E-state index contributed by atoms with van der Waals surface area (Å²) in [5.74, 6) is -0.303. The van der Waals surface area contributed by atoms with Crippen molar-refractivity contribution in [3.8, 4) is 0 Å². The number of carbonyl (C=O) groups is 3. The molecule has 6 heterocycles. The lowest BCUT2D eigenvalue weighted by molar-refractivity contribution is -0.117. The van der Waals surface area contributed by atoms with Crippen molar-refractivity contribution in [2.45, 2.75) is 33.1 Å². The molecule has 12 rings (SSSR count). The Bertz CT molecular complexity index is 4010. The van der Waals surface area contributed by atoms with Crippen LogP contribution in [0.3, 0.4) is 0 Å². The van der Waals surface area contributed by atoms with Crippen molar-refractivity contribution in [2.75, 3.05) is 33.2 Å². The second-order valence-corrected chi connectivity index (χ2v) is 18.9. The normalized spacial score (nSPS) is 14.3. The fourth-order valence-electron chi connectivity index (χ4n) is 9.90. The lowest BCUT2D eigenvalue weighted by Gasteiger charge is -2.09. The van der Waals surface area contributed by atoms with Gasteiger partial charge in [-0.25, -0.2) is 0 Å². The van der Waals surface area contributed by atoms with E-state index in [0.29, 0.717) is 34.6 Å². The number of fused-ring (bicyclic) bond motifs is 6. The number of carbonyl (C=O) groups excluding carboxylic acids is 3. The van der Waals surface area contributed by atoms with Gasteiger partial charge in [0.05, 0.1) is 5.92 Å². The number of nitrogen functional groups attached to an aromatic ring is 3. The average molecular weight is 1100 g/mol. The molecule has 0 saturated carbocycles. The highest BCUT2D eigenvalue weighted by Crippen LogP contribution is 2.40. The van der Waals surface area contributed by atoms with E-state index in [1.807, 2.05) is 87.9 Å². The van der Waals surface area contributed by atoms with Crippen LogP contribution in [0.4, 0.5) is 34.1 Å². The van der Waals surface area contributed by atoms with Crippen LogP contribution < -0.4 is 33.2 Å². The monoisotopic (exact) mass is 1100 g/mol. The zero-order valence-electron chi connectivity index (χ0n) is 43.0. The zero-order valence-corrected chi connectivity index (χ0v) is 45.5. The maximum atomic E-state index is 12.4. The number of nitrogens with two attached hydrogens (primary N) is 3. The predicted octanol–water partition coefficient (Wildman–Crippen LogP) is 8.46. The number of hydrogen-bond acceptors (Lipinski definition) is 12. The SMILES string of the molecule is Cc1c(/C=C2/C(=O)Nc3ccc(N)cc32)c2ccccc2n1C.Cc1ccc2c(c1)c(/C=C1\C(=O)Nc3ccc(N)cc31)cn2C.Cc1ccc2c(c1)c(CC1C(=O)Nc3ccc(N)cc31)cn2C.O=S=O.O=S=O.O=S=O. The number of anilines is 6. The Kier molecular flexibility index (Phi) is 17.8. The van der Waals surface area contributed by atoms with Gasteiger partial charge in [0, 0.05) is 139 Å². The first-order chi connectivity index (χ1) is 37.4. The standard InChI is InChI=1S/C19H19N3O.2C19H17N3O.3O2S/c2*1-11-3-6-18-14(7-11)12(10-22(18)2)8-16-15-9-13(20)4-5-17(15)21-19(16)23;1-11-14(13-5-3-4-6-18(13)22(11)2)10-16-15-9-12(20)7-8-17(15)21-19(16)23;3*1-3-2/h3-7,9-10,16H,8,20H2,1-2H3,(H,21,23);2*3-10H,20H2,1-2H3,(H,21,23);;;/b;16-8-;16-10+;;;. The van der Waals surface area contributed by atoms with Crippen LogP contribution in [0.1, 0.15) is 56.1 Å². The molecule has 9 N–H and O–H groups in total. The quantitative estimate of drug-likeness (QED) is 0.0715. The van der Waals surface area contributed by atoms with Crippen molar-refractivity contribution in [2.24, 2.45) is 21.1 Å². The van der Waals surface area contributed by atoms with E-state index in [0.717, 1.165) is 72.4 Å². The molecule has 3 amide bonds. The molecule has 0 radical (unpaired) electrons.